The number of aromatic nitrogens is 2. The zero-order chi connectivity index (χ0) is 11.5. The Labute approximate surface area is 96.5 Å². The van der Waals surface area contributed by atoms with E-state index in [9.17, 15) is 0 Å². The van der Waals surface area contributed by atoms with Crippen molar-refractivity contribution >= 4 is 11.0 Å². The Morgan fingerprint density at radius 2 is 1.94 bits per heavy atom. The second-order valence-electron chi connectivity index (χ2n) is 4.04. The molecular formula is C13H19N3. The van der Waals surface area contributed by atoms with Crippen LogP contribution >= 0.6 is 0 Å². The third kappa shape index (κ3) is 1.95. The lowest BCUT2D eigenvalue weighted by Crippen LogP contribution is -2.27. The molecule has 3 heteroatoms. The summed E-state index contributed by atoms with van der Waals surface area (Å²) in [6.07, 6.45) is 0. The van der Waals surface area contributed by atoms with E-state index in [1.807, 2.05) is 18.2 Å². The van der Waals surface area contributed by atoms with Crippen molar-refractivity contribution in [2.75, 3.05) is 13.1 Å². The molecule has 0 aliphatic heterocycles. The fraction of sp³-hybridized carbons (Fsp3) is 0.462. The summed E-state index contributed by atoms with van der Waals surface area (Å²) in [5.74, 6) is 1.06. The molecule has 0 aliphatic rings. The summed E-state index contributed by atoms with van der Waals surface area (Å²) >= 11 is 0. The van der Waals surface area contributed by atoms with Crippen molar-refractivity contribution in [3.05, 3.63) is 30.1 Å². The van der Waals surface area contributed by atoms with Gasteiger partial charge in [0.15, 0.2) is 0 Å². The number of hydrogen-bond donors (Lipinski definition) is 1. The highest BCUT2D eigenvalue weighted by Crippen LogP contribution is 2.20. The van der Waals surface area contributed by atoms with Gasteiger partial charge in [-0.2, -0.15) is 0 Å². The maximum absolute atomic E-state index is 4.63. The van der Waals surface area contributed by atoms with Crippen molar-refractivity contribution in [3.63, 3.8) is 0 Å². The summed E-state index contributed by atoms with van der Waals surface area (Å²) < 4.78 is 0. The molecule has 2 aromatic rings. The van der Waals surface area contributed by atoms with E-state index in [1.54, 1.807) is 0 Å². The van der Waals surface area contributed by atoms with Crippen LogP contribution in [-0.2, 0) is 0 Å². The van der Waals surface area contributed by atoms with Crippen LogP contribution in [0, 0.1) is 0 Å². The van der Waals surface area contributed by atoms with Crippen LogP contribution in [0.4, 0.5) is 0 Å². The number of nitrogens with zero attached hydrogens (tertiary/aromatic N) is 2. The predicted octanol–water partition coefficient (Wildman–Crippen LogP) is 2.97. The van der Waals surface area contributed by atoms with Crippen molar-refractivity contribution in [1.82, 2.24) is 14.9 Å². The van der Waals surface area contributed by atoms with Crippen molar-refractivity contribution in [1.29, 1.82) is 0 Å². The van der Waals surface area contributed by atoms with E-state index in [1.165, 1.54) is 0 Å². The zero-order valence-electron chi connectivity index (χ0n) is 10.2. The molecule has 0 aliphatic carbocycles. The van der Waals surface area contributed by atoms with Gasteiger partial charge in [-0.1, -0.05) is 26.0 Å². The lowest BCUT2D eigenvalue weighted by atomic mass is 10.2. The fourth-order valence-corrected chi connectivity index (χ4v) is 2.11. The smallest absolute Gasteiger partial charge is 0.124 e. The monoisotopic (exact) mass is 217 g/mol. The van der Waals surface area contributed by atoms with Gasteiger partial charge >= 0.3 is 0 Å². The van der Waals surface area contributed by atoms with Crippen LogP contribution in [-0.4, -0.2) is 28.0 Å². The van der Waals surface area contributed by atoms with E-state index in [0.717, 1.165) is 29.9 Å². The van der Waals surface area contributed by atoms with Gasteiger partial charge in [-0.3, -0.25) is 4.90 Å². The molecule has 0 bridgehead atoms. The normalized spacial score (nSPS) is 13.5. The van der Waals surface area contributed by atoms with Crippen LogP contribution in [0.1, 0.15) is 32.6 Å². The summed E-state index contributed by atoms with van der Waals surface area (Å²) in [5, 5.41) is 0. The Morgan fingerprint density at radius 3 is 2.56 bits per heavy atom. The van der Waals surface area contributed by atoms with Crippen molar-refractivity contribution in [3.8, 4) is 0 Å². The number of fused-ring (bicyclic) bond motifs is 1. The van der Waals surface area contributed by atoms with E-state index >= 15 is 0 Å². The molecule has 1 aromatic carbocycles. The number of hydrogen-bond acceptors (Lipinski definition) is 2. The molecule has 1 N–H and O–H groups in total. The molecule has 0 fully saturated rings. The molecule has 1 aromatic heterocycles. The van der Waals surface area contributed by atoms with Crippen LogP contribution in [0.2, 0.25) is 0 Å². The molecule has 0 saturated carbocycles. The first-order chi connectivity index (χ1) is 7.76. The largest absolute Gasteiger partial charge is 0.341 e. The minimum atomic E-state index is 0.349. The van der Waals surface area contributed by atoms with E-state index in [-0.39, 0.29) is 0 Å². The molecule has 1 unspecified atom stereocenters. The van der Waals surface area contributed by atoms with Crippen molar-refractivity contribution < 1.29 is 0 Å². The number of H-pyrrole nitrogens is 1. The van der Waals surface area contributed by atoms with Gasteiger partial charge in [0.25, 0.3) is 0 Å². The summed E-state index contributed by atoms with van der Waals surface area (Å²) in [4.78, 5) is 10.4. The first kappa shape index (κ1) is 11.1. The number of aromatic amines is 1. The highest BCUT2D eigenvalue weighted by molar-refractivity contribution is 5.74. The third-order valence-corrected chi connectivity index (χ3v) is 3.16. The molecular weight excluding hydrogens is 198 g/mol. The molecule has 0 amide bonds. The van der Waals surface area contributed by atoms with Gasteiger partial charge in [0, 0.05) is 0 Å². The summed E-state index contributed by atoms with van der Waals surface area (Å²) in [6, 6.07) is 8.52. The Morgan fingerprint density at radius 1 is 1.25 bits per heavy atom. The molecule has 0 spiro atoms. The molecule has 0 radical (unpaired) electrons. The van der Waals surface area contributed by atoms with Gasteiger partial charge in [-0.25, -0.2) is 4.98 Å². The van der Waals surface area contributed by atoms with E-state index in [4.69, 9.17) is 0 Å². The maximum Gasteiger partial charge on any atom is 0.124 e. The minimum Gasteiger partial charge on any atom is -0.341 e. The SMILES string of the molecule is CCN(CC)C(C)c1nc2ccccc2[nH]1. The molecule has 2 rings (SSSR count). The third-order valence-electron chi connectivity index (χ3n) is 3.16. The molecule has 0 saturated heterocycles. The quantitative estimate of drug-likeness (QED) is 0.853. The van der Waals surface area contributed by atoms with Crippen LogP contribution in [0.5, 0.6) is 0 Å². The average molecular weight is 217 g/mol. The number of para-hydroxylation sites is 2. The van der Waals surface area contributed by atoms with Crippen LogP contribution in [0.25, 0.3) is 11.0 Å². The Kier molecular flexibility index (Phi) is 3.25. The number of benzene rings is 1. The molecule has 86 valence electrons. The number of imidazole rings is 1. The van der Waals surface area contributed by atoms with Crippen LogP contribution < -0.4 is 0 Å². The molecule has 1 heterocycles. The summed E-state index contributed by atoms with van der Waals surface area (Å²) in [7, 11) is 0. The van der Waals surface area contributed by atoms with Gasteiger partial charge in [-0.15, -0.1) is 0 Å². The molecule has 3 nitrogen and oxygen atoms in total. The summed E-state index contributed by atoms with van der Waals surface area (Å²) in [6.45, 7) is 8.67. The second-order valence-corrected chi connectivity index (χ2v) is 4.04. The highest BCUT2D eigenvalue weighted by Gasteiger charge is 2.15. The Hall–Kier alpha value is -1.35. The van der Waals surface area contributed by atoms with Gasteiger partial charge < -0.3 is 4.98 Å². The van der Waals surface area contributed by atoms with Gasteiger partial charge in [-0.05, 0) is 32.1 Å². The van der Waals surface area contributed by atoms with Crippen molar-refractivity contribution in [2.24, 2.45) is 0 Å². The first-order valence-electron chi connectivity index (χ1n) is 5.95. The predicted molar refractivity (Wildman–Crippen MR) is 67.4 cm³/mol. The maximum atomic E-state index is 4.63. The highest BCUT2D eigenvalue weighted by atomic mass is 15.2. The number of nitrogens with one attached hydrogen (secondary N) is 1. The van der Waals surface area contributed by atoms with Crippen LogP contribution in [0.3, 0.4) is 0 Å². The number of rotatable bonds is 4. The Bertz CT molecular complexity index is 424. The Balaban J connectivity index is 2.32. The van der Waals surface area contributed by atoms with Gasteiger partial charge in [0.1, 0.15) is 5.82 Å². The van der Waals surface area contributed by atoms with Crippen LogP contribution in [0.15, 0.2) is 24.3 Å². The molecule has 16 heavy (non-hydrogen) atoms. The standard InChI is InChI=1S/C13H19N3/c1-4-16(5-2)10(3)13-14-11-8-6-7-9-12(11)15-13/h6-10H,4-5H2,1-3H3,(H,14,15). The average Bonchev–Trinajstić information content (AvgIpc) is 2.74. The second kappa shape index (κ2) is 4.66. The first-order valence-corrected chi connectivity index (χ1v) is 5.95. The zero-order valence-corrected chi connectivity index (χ0v) is 10.2. The van der Waals surface area contributed by atoms with Gasteiger partial charge in [0.2, 0.25) is 0 Å². The summed E-state index contributed by atoms with van der Waals surface area (Å²) in [5.41, 5.74) is 2.17. The van der Waals surface area contributed by atoms with E-state index in [2.05, 4.69) is 41.7 Å². The lowest BCUT2D eigenvalue weighted by molar-refractivity contribution is 0.227. The minimum absolute atomic E-state index is 0.349. The lowest BCUT2D eigenvalue weighted by Gasteiger charge is -2.24. The van der Waals surface area contributed by atoms with Gasteiger partial charge in [0.05, 0.1) is 17.1 Å². The fourth-order valence-electron chi connectivity index (χ4n) is 2.11. The molecule has 1 atom stereocenters. The van der Waals surface area contributed by atoms with Crippen molar-refractivity contribution in [2.45, 2.75) is 26.8 Å². The topological polar surface area (TPSA) is 31.9 Å². The van der Waals surface area contributed by atoms with E-state index in [0.29, 0.717) is 6.04 Å². The van der Waals surface area contributed by atoms with E-state index < -0.39 is 0 Å².